The molecule has 5 nitrogen and oxygen atoms in total. The van der Waals surface area contributed by atoms with E-state index in [1.165, 1.54) is 5.56 Å². The minimum Gasteiger partial charge on any atom is -0.492 e. The van der Waals surface area contributed by atoms with Crippen molar-refractivity contribution in [3.05, 3.63) is 58.1 Å². The summed E-state index contributed by atoms with van der Waals surface area (Å²) >= 11 is 3.56. The van der Waals surface area contributed by atoms with Gasteiger partial charge in [0.25, 0.3) is 0 Å². The van der Waals surface area contributed by atoms with Gasteiger partial charge < -0.3 is 14.8 Å². The van der Waals surface area contributed by atoms with Gasteiger partial charge in [0.2, 0.25) is 5.91 Å². The maximum absolute atomic E-state index is 12.2. The first-order chi connectivity index (χ1) is 15.2. The van der Waals surface area contributed by atoms with Crippen LogP contribution in [-0.2, 0) is 14.9 Å². The van der Waals surface area contributed by atoms with E-state index in [1.807, 2.05) is 6.07 Å². The van der Waals surface area contributed by atoms with E-state index in [1.54, 1.807) is 24.3 Å². The van der Waals surface area contributed by atoms with Crippen LogP contribution in [0.2, 0.25) is 0 Å². The number of carbonyl (C=O) groups excluding carboxylic acids is 2. The van der Waals surface area contributed by atoms with Crippen LogP contribution in [0.25, 0.3) is 0 Å². The zero-order chi connectivity index (χ0) is 23.6. The van der Waals surface area contributed by atoms with Gasteiger partial charge in [-0.15, -0.1) is 0 Å². The van der Waals surface area contributed by atoms with E-state index in [-0.39, 0.29) is 17.3 Å². The molecule has 174 valence electrons. The van der Waals surface area contributed by atoms with Gasteiger partial charge in [0.05, 0.1) is 23.2 Å². The summed E-state index contributed by atoms with van der Waals surface area (Å²) in [7, 11) is 0. The summed E-state index contributed by atoms with van der Waals surface area (Å²) in [6.07, 6.45) is 3.95. The van der Waals surface area contributed by atoms with Crippen LogP contribution < -0.4 is 10.1 Å². The third-order valence-corrected chi connectivity index (χ3v) is 5.61. The molecule has 1 N–H and O–H groups in total. The summed E-state index contributed by atoms with van der Waals surface area (Å²) in [6, 6.07) is 12.9. The van der Waals surface area contributed by atoms with Crippen molar-refractivity contribution < 1.29 is 19.1 Å². The Balaban J connectivity index is 1.72. The first-order valence-corrected chi connectivity index (χ1v) is 12.0. The van der Waals surface area contributed by atoms with Crippen molar-refractivity contribution >= 4 is 33.5 Å². The Morgan fingerprint density at radius 3 is 2.31 bits per heavy atom. The van der Waals surface area contributed by atoms with Gasteiger partial charge >= 0.3 is 5.97 Å². The lowest BCUT2D eigenvalue weighted by Gasteiger charge is -2.20. The highest BCUT2D eigenvalue weighted by molar-refractivity contribution is 9.10. The molecule has 6 heteroatoms. The van der Waals surface area contributed by atoms with Gasteiger partial charge in [-0.25, -0.2) is 4.79 Å². The molecule has 0 aliphatic rings. The van der Waals surface area contributed by atoms with Crippen LogP contribution in [0.1, 0.15) is 75.7 Å². The Bertz CT molecular complexity index is 888. The minimum absolute atomic E-state index is 0.0757. The highest BCUT2D eigenvalue weighted by Gasteiger charge is 2.15. The topological polar surface area (TPSA) is 64.6 Å². The number of esters is 1. The first-order valence-electron chi connectivity index (χ1n) is 11.2. The number of anilines is 1. The maximum atomic E-state index is 12.2. The van der Waals surface area contributed by atoms with Gasteiger partial charge in [-0.3, -0.25) is 4.79 Å². The smallest absolute Gasteiger partial charge is 0.338 e. The Kier molecular flexibility index (Phi) is 10.2. The third kappa shape index (κ3) is 8.65. The van der Waals surface area contributed by atoms with Crippen LogP contribution in [0.5, 0.6) is 5.75 Å². The molecule has 0 saturated heterocycles. The number of rotatable bonds is 11. The standard InChI is InChI=1S/C26H34BrNO4/c1-5-6-7-16-32-25(30)19-10-13-21(14-11-19)28-24(29)9-8-17-31-23-15-12-20(18-22(23)27)26(2,3)4/h10-15,18H,5-9,16-17H2,1-4H3,(H,28,29). The summed E-state index contributed by atoms with van der Waals surface area (Å²) in [5.41, 5.74) is 2.44. The maximum Gasteiger partial charge on any atom is 0.338 e. The molecule has 2 aromatic rings. The Morgan fingerprint density at radius 1 is 0.969 bits per heavy atom. The lowest BCUT2D eigenvalue weighted by molar-refractivity contribution is -0.116. The molecule has 0 fully saturated rings. The van der Waals surface area contributed by atoms with E-state index in [0.29, 0.717) is 37.3 Å². The zero-order valence-corrected chi connectivity index (χ0v) is 21.1. The van der Waals surface area contributed by atoms with Crippen molar-refractivity contribution in [2.24, 2.45) is 0 Å². The number of hydrogen-bond donors (Lipinski definition) is 1. The molecule has 2 rings (SSSR count). The summed E-state index contributed by atoms with van der Waals surface area (Å²) in [5.74, 6) is 0.346. The molecular weight excluding hydrogens is 470 g/mol. The van der Waals surface area contributed by atoms with Crippen molar-refractivity contribution in [3.8, 4) is 5.75 Å². The van der Waals surface area contributed by atoms with Crippen molar-refractivity contribution in [1.29, 1.82) is 0 Å². The molecule has 32 heavy (non-hydrogen) atoms. The molecule has 0 radical (unpaired) electrons. The van der Waals surface area contributed by atoms with Crippen molar-refractivity contribution in [1.82, 2.24) is 0 Å². The molecule has 0 aliphatic heterocycles. The number of amides is 1. The van der Waals surface area contributed by atoms with Gasteiger partial charge in [-0.05, 0) is 76.1 Å². The minimum atomic E-state index is -0.335. The number of halogens is 1. The second-order valence-electron chi connectivity index (χ2n) is 8.82. The summed E-state index contributed by atoms with van der Waals surface area (Å²) in [5, 5.41) is 2.85. The molecule has 1 amide bonds. The Morgan fingerprint density at radius 2 is 1.69 bits per heavy atom. The van der Waals surface area contributed by atoms with Crippen LogP contribution in [0.4, 0.5) is 5.69 Å². The highest BCUT2D eigenvalue weighted by Crippen LogP contribution is 2.31. The lowest BCUT2D eigenvalue weighted by Crippen LogP contribution is -2.13. The van der Waals surface area contributed by atoms with Gasteiger partial charge in [-0.1, -0.05) is 46.6 Å². The van der Waals surface area contributed by atoms with Crippen LogP contribution in [0.3, 0.4) is 0 Å². The average molecular weight is 504 g/mol. The molecule has 0 heterocycles. The van der Waals surface area contributed by atoms with E-state index in [9.17, 15) is 9.59 Å². The second-order valence-corrected chi connectivity index (χ2v) is 9.67. The molecule has 0 atom stereocenters. The van der Waals surface area contributed by atoms with Gasteiger partial charge in [0.1, 0.15) is 5.75 Å². The number of benzene rings is 2. The average Bonchev–Trinajstić information content (AvgIpc) is 2.75. The van der Waals surface area contributed by atoms with Crippen molar-refractivity contribution in [2.75, 3.05) is 18.5 Å². The number of carbonyl (C=O) groups is 2. The van der Waals surface area contributed by atoms with Gasteiger partial charge in [0, 0.05) is 12.1 Å². The van der Waals surface area contributed by atoms with Crippen LogP contribution in [-0.4, -0.2) is 25.1 Å². The fraction of sp³-hybridized carbons (Fsp3) is 0.462. The fourth-order valence-electron chi connectivity index (χ4n) is 3.01. The summed E-state index contributed by atoms with van der Waals surface area (Å²) in [6.45, 7) is 9.49. The van der Waals surface area contributed by atoms with Crippen LogP contribution in [0, 0.1) is 0 Å². The predicted molar refractivity (Wildman–Crippen MR) is 132 cm³/mol. The third-order valence-electron chi connectivity index (χ3n) is 4.99. The molecular formula is C26H34BrNO4. The van der Waals surface area contributed by atoms with Gasteiger partial charge in [0.15, 0.2) is 0 Å². The summed E-state index contributed by atoms with van der Waals surface area (Å²) in [4.78, 5) is 24.2. The van der Waals surface area contributed by atoms with Crippen LogP contribution >= 0.6 is 15.9 Å². The highest BCUT2D eigenvalue weighted by atomic mass is 79.9. The largest absolute Gasteiger partial charge is 0.492 e. The predicted octanol–water partition coefficient (Wildman–Crippen LogP) is 6.89. The SMILES string of the molecule is CCCCCOC(=O)c1ccc(NC(=O)CCCOc2ccc(C(C)(C)C)cc2Br)cc1. The zero-order valence-electron chi connectivity index (χ0n) is 19.5. The Hall–Kier alpha value is -2.34. The van der Waals surface area contributed by atoms with E-state index in [2.05, 4.69) is 61.1 Å². The quantitative estimate of drug-likeness (QED) is 0.267. The number of unbranched alkanes of at least 4 members (excludes halogenated alkanes) is 2. The second kappa shape index (κ2) is 12.6. The molecule has 0 spiro atoms. The van der Waals surface area contributed by atoms with Crippen LogP contribution in [0.15, 0.2) is 46.9 Å². The number of nitrogens with one attached hydrogen (secondary N) is 1. The van der Waals surface area contributed by atoms with E-state index < -0.39 is 0 Å². The first kappa shape index (κ1) is 25.9. The molecule has 0 saturated carbocycles. The van der Waals surface area contributed by atoms with E-state index >= 15 is 0 Å². The monoisotopic (exact) mass is 503 g/mol. The molecule has 0 aliphatic carbocycles. The number of ether oxygens (including phenoxy) is 2. The fourth-order valence-corrected chi connectivity index (χ4v) is 3.51. The molecule has 2 aromatic carbocycles. The number of hydrogen-bond acceptors (Lipinski definition) is 4. The van der Waals surface area contributed by atoms with E-state index in [0.717, 1.165) is 29.5 Å². The molecule has 0 bridgehead atoms. The lowest BCUT2D eigenvalue weighted by atomic mass is 9.87. The summed E-state index contributed by atoms with van der Waals surface area (Å²) < 4.78 is 12.0. The Labute approximate surface area is 200 Å². The van der Waals surface area contributed by atoms with Crippen molar-refractivity contribution in [2.45, 2.75) is 65.2 Å². The van der Waals surface area contributed by atoms with Crippen molar-refractivity contribution in [3.63, 3.8) is 0 Å². The molecule has 0 aromatic heterocycles. The van der Waals surface area contributed by atoms with Gasteiger partial charge in [-0.2, -0.15) is 0 Å². The molecule has 0 unspecified atom stereocenters. The normalized spacial score (nSPS) is 11.2. The van der Waals surface area contributed by atoms with E-state index in [4.69, 9.17) is 9.47 Å².